The summed E-state index contributed by atoms with van der Waals surface area (Å²) in [4.78, 5) is 26.4. The molecular formula is C13H17N3O3S2. The van der Waals surface area contributed by atoms with Gasteiger partial charge >= 0.3 is 5.97 Å². The number of nitrogens with zero attached hydrogens (tertiary/aromatic N) is 3. The molecule has 114 valence electrons. The minimum absolute atomic E-state index is 0.00447. The highest BCUT2D eigenvalue weighted by Crippen LogP contribution is 2.46. The number of hydrogen-bond donors (Lipinski definition) is 1. The minimum atomic E-state index is -0.923. The Balaban J connectivity index is 1.88. The number of thioether (sulfide) groups is 1. The van der Waals surface area contributed by atoms with Gasteiger partial charge in [-0.15, -0.1) is 16.9 Å². The number of carbonyl (C=O) groups is 2. The van der Waals surface area contributed by atoms with Crippen molar-refractivity contribution in [3.05, 3.63) is 10.6 Å². The van der Waals surface area contributed by atoms with E-state index in [9.17, 15) is 14.7 Å². The molecule has 1 aliphatic heterocycles. The SMILES string of the molecule is CCCc1nnsc1C(=O)N1C(C(=O)O)CSC1C1CC1. The van der Waals surface area contributed by atoms with Gasteiger partial charge in [0, 0.05) is 5.75 Å². The third kappa shape index (κ3) is 2.78. The number of carboxylic acids is 1. The molecule has 8 heteroatoms. The van der Waals surface area contributed by atoms with E-state index in [1.165, 1.54) is 0 Å². The van der Waals surface area contributed by atoms with Crippen LogP contribution in [-0.4, -0.2) is 48.6 Å². The summed E-state index contributed by atoms with van der Waals surface area (Å²) in [6, 6.07) is -0.732. The number of aromatic nitrogens is 2. The highest BCUT2D eigenvalue weighted by atomic mass is 32.2. The van der Waals surface area contributed by atoms with Crippen molar-refractivity contribution in [2.75, 3.05) is 5.75 Å². The smallest absolute Gasteiger partial charge is 0.327 e. The van der Waals surface area contributed by atoms with Crippen LogP contribution in [0.3, 0.4) is 0 Å². The molecule has 1 saturated carbocycles. The first-order chi connectivity index (χ1) is 10.1. The Morgan fingerprint density at radius 2 is 2.19 bits per heavy atom. The molecule has 1 aromatic heterocycles. The number of aliphatic carboxylic acids is 1. The quantitative estimate of drug-likeness (QED) is 0.889. The topological polar surface area (TPSA) is 83.4 Å². The number of carbonyl (C=O) groups excluding carboxylic acids is 1. The maximum absolute atomic E-state index is 12.8. The summed E-state index contributed by atoms with van der Waals surface area (Å²) in [5, 5.41) is 13.4. The van der Waals surface area contributed by atoms with Crippen LogP contribution in [-0.2, 0) is 11.2 Å². The van der Waals surface area contributed by atoms with Gasteiger partial charge in [0.2, 0.25) is 0 Å². The Morgan fingerprint density at radius 3 is 2.81 bits per heavy atom. The first-order valence-electron chi connectivity index (χ1n) is 7.11. The molecule has 0 aromatic carbocycles. The van der Waals surface area contributed by atoms with Crippen LogP contribution in [0.4, 0.5) is 0 Å². The van der Waals surface area contributed by atoms with Crippen LogP contribution in [0.25, 0.3) is 0 Å². The Labute approximate surface area is 131 Å². The summed E-state index contributed by atoms with van der Waals surface area (Å²) in [5.41, 5.74) is 0.697. The van der Waals surface area contributed by atoms with E-state index in [0.29, 0.717) is 28.7 Å². The molecule has 2 fully saturated rings. The van der Waals surface area contributed by atoms with Crippen molar-refractivity contribution in [3.63, 3.8) is 0 Å². The Bertz CT molecular complexity index is 559. The van der Waals surface area contributed by atoms with Crippen molar-refractivity contribution < 1.29 is 14.7 Å². The molecule has 1 aliphatic carbocycles. The van der Waals surface area contributed by atoms with Gasteiger partial charge in [0.05, 0.1) is 11.1 Å². The second-order valence-electron chi connectivity index (χ2n) is 5.43. The van der Waals surface area contributed by atoms with Crippen LogP contribution in [0, 0.1) is 5.92 Å². The third-order valence-electron chi connectivity index (χ3n) is 3.82. The molecule has 3 rings (SSSR count). The van der Waals surface area contributed by atoms with Gasteiger partial charge in [-0.25, -0.2) is 4.79 Å². The maximum atomic E-state index is 12.8. The van der Waals surface area contributed by atoms with Crippen LogP contribution >= 0.6 is 23.3 Å². The van der Waals surface area contributed by atoms with E-state index >= 15 is 0 Å². The first kappa shape index (κ1) is 14.8. The molecule has 2 atom stereocenters. The van der Waals surface area contributed by atoms with Crippen LogP contribution in [0.5, 0.6) is 0 Å². The fraction of sp³-hybridized carbons (Fsp3) is 0.692. The van der Waals surface area contributed by atoms with E-state index in [0.717, 1.165) is 30.8 Å². The normalized spacial score (nSPS) is 25.3. The average molecular weight is 327 g/mol. The Morgan fingerprint density at radius 1 is 1.43 bits per heavy atom. The van der Waals surface area contributed by atoms with Crippen molar-refractivity contribution in [3.8, 4) is 0 Å². The van der Waals surface area contributed by atoms with Crippen molar-refractivity contribution in [2.24, 2.45) is 5.92 Å². The monoisotopic (exact) mass is 327 g/mol. The third-order valence-corrected chi connectivity index (χ3v) is 6.03. The lowest BCUT2D eigenvalue weighted by Crippen LogP contribution is -2.46. The molecule has 1 saturated heterocycles. The zero-order valence-electron chi connectivity index (χ0n) is 11.7. The lowest BCUT2D eigenvalue weighted by molar-refractivity contribution is -0.141. The van der Waals surface area contributed by atoms with Gasteiger partial charge in [-0.05, 0) is 36.7 Å². The summed E-state index contributed by atoms with van der Waals surface area (Å²) >= 11 is 2.67. The van der Waals surface area contributed by atoms with Crippen LogP contribution in [0.2, 0.25) is 0 Å². The molecular weight excluding hydrogens is 310 g/mol. The van der Waals surface area contributed by atoms with Gasteiger partial charge in [-0.1, -0.05) is 17.8 Å². The van der Waals surface area contributed by atoms with Gasteiger partial charge in [-0.2, -0.15) is 0 Å². The molecule has 1 amide bonds. The summed E-state index contributed by atoms with van der Waals surface area (Å²) in [6.07, 6.45) is 3.74. The second-order valence-corrected chi connectivity index (χ2v) is 7.33. The molecule has 21 heavy (non-hydrogen) atoms. The van der Waals surface area contributed by atoms with E-state index in [4.69, 9.17) is 0 Å². The predicted octanol–water partition coefficient (Wildman–Crippen LogP) is 1.87. The Hall–Kier alpha value is -1.15. The largest absolute Gasteiger partial charge is 0.480 e. The second kappa shape index (κ2) is 5.92. The lowest BCUT2D eigenvalue weighted by atomic mass is 10.2. The standard InChI is InChI=1S/C13H17N3O3S2/c1-2-3-8-10(21-15-14-8)11(17)16-9(13(18)19)6-20-12(16)7-4-5-7/h7,9,12H,2-6H2,1H3,(H,18,19). The number of aryl methyl sites for hydroxylation is 1. The molecule has 1 aromatic rings. The van der Waals surface area contributed by atoms with Crippen LogP contribution in [0.1, 0.15) is 41.6 Å². The molecule has 0 bridgehead atoms. The number of rotatable bonds is 5. The molecule has 2 aliphatic rings. The minimum Gasteiger partial charge on any atom is -0.480 e. The highest BCUT2D eigenvalue weighted by molar-refractivity contribution is 8.00. The Kier molecular flexibility index (Phi) is 4.17. The molecule has 2 heterocycles. The van der Waals surface area contributed by atoms with E-state index in [1.54, 1.807) is 16.7 Å². The van der Waals surface area contributed by atoms with Gasteiger partial charge in [0.25, 0.3) is 5.91 Å². The average Bonchev–Trinajstić information content (AvgIpc) is 3.02. The summed E-state index contributed by atoms with van der Waals surface area (Å²) in [5.74, 6) is -0.215. The van der Waals surface area contributed by atoms with E-state index in [2.05, 4.69) is 9.59 Å². The lowest BCUT2D eigenvalue weighted by Gasteiger charge is -2.26. The maximum Gasteiger partial charge on any atom is 0.327 e. The zero-order chi connectivity index (χ0) is 15.0. The molecule has 1 N–H and O–H groups in total. The van der Waals surface area contributed by atoms with Crippen molar-refractivity contribution in [1.29, 1.82) is 0 Å². The van der Waals surface area contributed by atoms with Gasteiger partial charge in [0.15, 0.2) is 0 Å². The van der Waals surface area contributed by atoms with E-state index < -0.39 is 12.0 Å². The predicted molar refractivity (Wildman–Crippen MR) is 80.5 cm³/mol. The summed E-state index contributed by atoms with van der Waals surface area (Å²) < 4.78 is 3.88. The van der Waals surface area contributed by atoms with Gasteiger partial charge < -0.3 is 10.0 Å². The van der Waals surface area contributed by atoms with Gasteiger partial charge in [-0.3, -0.25) is 4.79 Å². The molecule has 2 unspecified atom stereocenters. The number of amides is 1. The van der Waals surface area contributed by atoms with Crippen molar-refractivity contribution in [2.45, 2.75) is 44.0 Å². The van der Waals surface area contributed by atoms with Crippen LogP contribution in [0.15, 0.2) is 0 Å². The highest BCUT2D eigenvalue weighted by Gasteiger charge is 2.48. The van der Waals surface area contributed by atoms with E-state index in [1.807, 2.05) is 6.92 Å². The molecule has 0 radical (unpaired) electrons. The number of hydrogen-bond acceptors (Lipinski definition) is 6. The van der Waals surface area contributed by atoms with Crippen molar-refractivity contribution in [1.82, 2.24) is 14.5 Å². The molecule has 0 spiro atoms. The van der Waals surface area contributed by atoms with Crippen molar-refractivity contribution >= 4 is 35.2 Å². The number of carboxylic acid groups (broad SMARTS) is 1. The summed E-state index contributed by atoms with van der Waals surface area (Å²) in [6.45, 7) is 2.02. The van der Waals surface area contributed by atoms with Crippen LogP contribution < -0.4 is 0 Å². The summed E-state index contributed by atoms with van der Waals surface area (Å²) in [7, 11) is 0. The fourth-order valence-corrected chi connectivity index (χ4v) is 4.89. The first-order valence-corrected chi connectivity index (χ1v) is 8.94. The van der Waals surface area contributed by atoms with Gasteiger partial charge in [0.1, 0.15) is 10.9 Å². The van der Waals surface area contributed by atoms with E-state index in [-0.39, 0.29) is 11.3 Å². The fourth-order valence-electron chi connectivity index (χ4n) is 2.61. The zero-order valence-corrected chi connectivity index (χ0v) is 13.3. The molecule has 6 nitrogen and oxygen atoms in total.